The smallest absolute Gasteiger partial charge is 0.389 e. The van der Waals surface area contributed by atoms with Crippen LogP contribution in [0.15, 0.2) is 42.6 Å². The Morgan fingerprint density at radius 3 is 2.62 bits per heavy atom. The molecule has 1 atom stereocenters. The molecule has 4 rings (SSSR count). The van der Waals surface area contributed by atoms with Crippen molar-refractivity contribution < 1.29 is 23.1 Å². The maximum atomic E-state index is 14.9. The minimum Gasteiger partial charge on any atom is -0.389 e. The summed E-state index contributed by atoms with van der Waals surface area (Å²) in [7, 11) is 1.52. The van der Waals surface area contributed by atoms with E-state index in [1.54, 1.807) is 16.9 Å². The van der Waals surface area contributed by atoms with Crippen LogP contribution < -0.4 is 10.1 Å². The highest BCUT2D eigenvalue weighted by atomic mass is 35.5. The summed E-state index contributed by atoms with van der Waals surface area (Å²) >= 11 is 5.79. The largest absolute Gasteiger partial charge is 0.416 e. The Hall–Kier alpha value is -3.46. The molecule has 2 amide bonds. The Bertz CT molecular complexity index is 1260. The second-order valence-corrected chi connectivity index (χ2v) is 8.74. The Kier molecular flexibility index (Phi) is 6.56. The third-order valence-electron chi connectivity index (χ3n) is 5.79. The summed E-state index contributed by atoms with van der Waals surface area (Å²) in [5, 5.41) is 6.73. The highest BCUT2D eigenvalue weighted by Crippen LogP contribution is 2.39. The second kappa shape index (κ2) is 9.42. The van der Waals surface area contributed by atoms with Gasteiger partial charge in [0.15, 0.2) is 0 Å². The highest BCUT2D eigenvalue weighted by molar-refractivity contribution is 6.31. The van der Waals surface area contributed by atoms with Gasteiger partial charge in [-0.25, -0.2) is 13.6 Å². The Labute approximate surface area is 200 Å². The maximum absolute atomic E-state index is 14.9. The predicted octanol–water partition coefficient (Wildman–Crippen LogP) is 5.77. The number of nitrogens with one attached hydrogen (secondary N) is 1. The van der Waals surface area contributed by atoms with E-state index in [0.29, 0.717) is 24.1 Å². The van der Waals surface area contributed by atoms with E-state index in [-0.39, 0.29) is 28.1 Å². The van der Waals surface area contributed by atoms with Gasteiger partial charge in [0.25, 0.3) is 5.91 Å². The minimum atomic E-state index is -0.679. The number of anilines is 1. The number of fused-ring (bicyclic) bond motifs is 1. The number of carbonyl (C=O) groups is 2. The first-order chi connectivity index (χ1) is 16.2. The predicted molar refractivity (Wildman–Crippen MR) is 123 cm³/mol. The van der Waals surface area contributed by atoms with E-state index in [1.165, 1.54) is 36.2 Å². The number of ether oxygens (including phenoxy) is 1. The quantitative estimate of drug-likeness (QED) is 0.495. The first-order valence-electron chi connectivity index (χ1n) is 10.7. The highest BCUT2D eigenvalue weighted by Gasteiger charge is 2.35. The van der Waals surface area contributed by atoms with Crippen LogP contribution in [0.2, 0.25) is 5.02 Å². The van der Waals surface area contributed by atoms with Gasteiger partial charge in [0.2, 0.25) is 5.88 Å². The van der Waals surface area contributed by atoms with Crippen LogP contribution in [0.1, 0.15) is 53.8 Å². The van der Waals surface area contributed by atoms with Crippen molar-refractivity contribution in [2.45, 2.75) is 38.8 Å². The molecule has 3 aromatic rings. The van der Waals surface area contributed by atoms with E-state index in [9.17, 15) is 18.4 Å². The summed E-state index contributed by atoms with van der Waals surface area (Å²) in [5.41, 5.74) is 1.37. The van der Waals surface area contributed by atoms with Gasteiger partial charge in [0.1, 0.15) is 11.6 Å². The fourth-order valence-electron chi connectivity index (χ4n) is 4.01. The Balaban J connectivity index is 1.54. The average molecular weight is 489 g/mol. The summed E-state index contributed by atoms with van der Waals surface area (Å²) in [5.74, 6) is -1.45. The van der Waals surface area contributed by atoms with Gasteiger partial charge in [-0.1, -0.05) is 11.6 Å². The van der Waals surface area contributed by atoms with Crippen LogP contribution in [0, 0.1) is 11.6 Å². The van der Waals surface area contributed by atoms with E-state index in [4.69, 9.17) is 16.3 Å². The Morgan fingerprint density at radius 1 is 1.21 bits per heavy atom. The van der Waals surface area contributed by atoms with Crippen LogP contribution in [0.5, 0.6) is 5.88 Å². The molecule has 1 heterocycles. The number of nitrogens with zero attached hydrogens (tertiary/aromatic N) is 3. The van der Waals surface area contributed by atoms with E-state index < -0.39 is 29.7 Å². The molecule has 0 spiro atoms. The molecule has 0 fully saturated rings. The van der Waals surface area contributed by atoms with Crippen molar-refractivity contribution in [3.8, 4) is 5.88 Å². The van der Waals surface area contributed by atoms with Crippen LogP contribution in [0.25, 0.3) is 0 Å². The minimum absolute atomic E-state index is 0.108. The van der Waals surface area contributed by atoms with E-state index in [2.05, 4.69) is 10.4 Å². The molecule has 0 saturated heterocycles. The summed E-state index contributed by atoms with van der Waals surface area (Å²) < 4.78 is 35.3. The topological polar surface area (TPSA) is 76.5 Å². The molecule has 2 aromatic carbocycles. The van der Waals surface area contributed by atoms with E-state index in [0.717, 1.165) is 6.07 Å². The van der Waals surface area contributed by atoms with Crippen molar-refractivity contribution >= 4 is 29.3 Å². The standard InChI is InChI=1S/C24H23ClF2N4O3/c1-13(2)31-11-10-21(29-31)34-24(33)30(3)20-9-6-15-16(5-8-19(27)22(15)20)23(32)28-14-4-7-18(26)17(25)12-14/h4-5,7-8,10-13,20H,6,9H2,1-3H3,(H,28,32)/t20-/m0/s1. The molecule has 0 aliphatic heterocycles. The lowest BCUT2D eigenvalue weighted by Crippen LogP contribution is -2.33. The lowest BCUT2D eigenvalue weighted by atomic mass is 10.0. The van der Waals surface area contributed by atoms with Crippen LogP contribution in [-0.4, -0.2) is 33.7 Å². The van der Waals surface area contributed by atoms with E-state index >= 15 is 0 Å². The number of carbonyl (C=O) groups excluding carboxylic acids is 2. The van der Waals surface area contributed by atoms with Crippen molar-refractivity contribution in [3.05, 3.63) is 75.9 Å². The average Bonchev–Trinajstić information content (AvgIpc) is 3.44. The van der Waals surface area contributed by atoms with Gasteiger partial charge in [0, 0.05) is 42.2 Å². The molecule has 0 radical (unpaired) electrons. The molecule has 0 unspecified atom stereocenters. The SMILES string of the molecule is CC(C)n1ccc(OC(=O)N(C)[C@H]2CCc3c(C(=O)Nc4ccc(F)c(Cl)c4)ccc(F)c32)n1. The first-order valence-corrected chi connectivity index (χ1v) is 11.1. The van der Waals surface area contributed by atoms with E-state index in [1.807, 2.05) is 13.8 Å². The molecule has 7 nitrogen and oxygen atoms in total. The molecule has 1 aliphatic rings. The summed E-state index contributed by atoms with van der Waals surface area (Å²) in [6.45, 7) is 3.89. The molecule has 0 bridgehead atoms. The van der Waals surface area contributed by atoms with Gasteiger partial charge in [0.05, 0.1) is 11.1 Å². The van der Waals surface area contributed by atoms with Crippen LogP contribution in [-0.2, 0) is 6.42 Å². The fraction of sp³-hybridized carbons (Fsp3) is 0.292. The van der Waals surface area contributed by atoms with Gasteiger partial charge >= 0.3 is 6.09 Å². The summed E-state index contributed by atoms with van der Waals surface area (Å²) in [6, 6.07) is 7.51. The zero-order valence-corrected chi connectivity index (χ0v) is 19.6. The molecule has 1 N–H and O–H groups in total. The lowest BCUT2D eigenvalue weighted by molar-refractivity contribution is 0.102. The van der Waals surface area contributed by atoms with Gasteiger partial charge < -0.3 is 15.0 Å². The number of hydrogen-bond donors (Lipinski definition) is 1. The van der Waals surface area contributed by atoms with Crippen molar-refractivity contribution in [2.24, 2.45) is 0 Å². The van der Waals surface area contributed by atoms with Gasteiger partial charge in [-0.05, 0) is 62.6 Å². The Morgan fingerprint density at radius 2 is 1.94 bits per heavy atom. The molecule has 0 saturated carbocycles. The molecular weight excluding hydrogens is 466 g/mol. The zero-order chi connectivity index (χ0) is 24.6. The number of benzene rings is 2. The van der Waals surface area contributed by atoms with Gasteiger partial charge in [-0.15, -0.1) is 5.10 Å². The van der Waals surface area contributed by atoms with Crippen molar-refractivity contribution in [3.63, 3.8) is 0 Å². The monoisotopic (exact) mass is 488 g/mol. The maximum Gasteiger partial charge on any atom is 0.416 e. The lowest BCUT2D eigenvalue weighted by Gasteiger charge is -2.24. The molecule has 1 aliphatic carbocycles. The van der Waals surface area contributed by atoms with Gasteiger partial charge in [-0.2, -0.15) is 0 Å². The van der Waals surface area contributed by atoms with Crippen molar-refractivity contribution in [1.82, 2.24) is 14.7 Å². The zero-order valence-electron chi connectivity index (χ0n) is 18.8. The van der Waals surface area contributed by atoms with Crippen LogP contribution >= 0.6 is 11.6 Å². The summed E-state index contributed by atoms with van der Waals surface area (Å²) in [6.07, 6.45) is 1.84. The number of halogens is 3. The normalized spacial score (nSPS) is 14.7. The first kappa shape index (κ1) is 23.7. The van der Waals surface area contributed by atoms with Crippen LogP contribution in [0.4, 0.5) is 19.3 Å². The van der Waals surface area contributed by atoms with Crippen LogP contribution in [0.3, 0.4) is 0 Å². The second-order valence-electron chi connectivity index (χ2n) is 8.33. The van der Waals surface area contributed by atoms with Crippen molar-refractivity contribution in [2.75, 3.05) is 12.4 Å². The number of rotatable bonds is 5. The molecule has 34 heavy (non-hydrogen) atoms. The molecule has 1 aromatic heterocycles. The number of aromatic nitrogens is 2. The molecular formula is C24H23ClF2N4O3. The number of amides is 2. The third-order valence-corrected chi connectivity index (χ3v) is 6.08. The molecule has 10 heteroatoms. The number of hydrogen-bond acceptors (Lipinski definition) is 4. The fourth-order valence-corrected chi connectivity index (χ4v) is 4.20. The van der Waals surface area contributed by atoms with Crippen molar-refractivity contribution in [1.29, 1.82) is 0 Å². The van der Waals surface area contributed by atoms with Gasteiger partial charge in [-0.3, -0.25) is 9.48 Å². The third kappa shape index (κ3) is 4.61. The molecule has 178 valence electrons. The summed E-state index contributed by atoms with van der Waals surface area (Å²) in [4.78, 5) is 26.9.